The van der Waals surface area contributed by atoms with Gasteiger partial charge in [0.1, 0.15) is 11.4 Å². The molecule has 0 aliphatic heterocycles. The minimum atomic E-state index is -4.63. The van der Waals surface area contributed by atoms with Crippen molar-refractivity contribution in [2.75, 3.05) is 18.4 Å². The van der Waals surface area contributed by atoms with Gasteiger partial charge in [-0.05, 0) is 38.5 Å². The molecule has 1 N–H and O–H groups in total. The van der Waals surface area contributed by atoms with E-state index in [2.05, 4.69) is 10.3 Å². The first-order valence-corrected chi connectivity index (χ1v) is 10.6. The van der Waals surface area contributed by atoms with E-state index in [-0.39, 0.29) is 33.2 Å². The number of para-hydroxylation sites is 1. The zero-order valence-electron chi connectivity index (χ0n) is 17.6. The fourth-order valence-electron chi connectivity index (χ4n) is 3.33. The highest BCUT2D eigenvalue weighted by Crippen LogP contribution is 2.35. The zero-order chi connectivity index (χ0) is 23.6. The third-order valence-corrected chi connectivity index (χ3v) is 6.22. The lowest BCUT2D eigenvalue weighted by Crippen LogP contribution is -2.36. The molecule has 0 saturated heterocycles. The summed E-state index contributed by atoms with van der Waals surface area (Å²) in [5.74, 6) is -1.01. The van der Waals surface area contributed by atoms with Crippen LogP contribution in [0.2, 0.25) is 0 Å². The van der Waals surface area contributed by atoms with Gasteiger partial charge in [-0.1, -0.05) is 12.1 Å². The molecule has 2 heterocycles. The molecular formula is C21H21F3N4O3S. The Morgan fingerprint density at radius 3 is 2.47 bits per heavy atom. The van der Waals surface area contributed by atoms with Crippen LogP contribution in [-0.2, 0) is 17.5 Å². The molecule has 0 aliphatic rings. The van der Waals surface area contributed by atoms with E-state index in [1.807, 2.05) is 13.8 Å². The van der Waals surface area contributed by atoms with Crippen LogP contribution in [0.15, 0.2) is 35.4 Å². The van der Waals surface area contributed by atoms with Crippen LogP contribution in [0.5, 0.6) is 0 Å². The van der Waals surface area contributed by atoms with Crippen LogP contribution in [0.1, 0.15) is 34.6 Å². The number of alkyl halides is 3. The molecule has 3 aromatic rings. The van der Waals surface area contributed by atoms with Crippen molar-refractivity contribution in [2.45, 2.75) is 33.5 Å². The number of nitrogens with one attached hydrogen (secondary N) is 1. The van der Waals surface area contributed by atoms with Crippen LogP contribution in [0, 0.1) is 6.92 Å². The molecule has 170 valence electrons. The second-order valence-corrected chi connectivity index (χ2v) is 7.98. The lowest BCUT2D eigenvalue weighted by molar-refractivity contribution is -0.137. The van der Waals surface area contributed by atoms with Gasteiger partial charge in [0, 0.05) is 13.1 Å². The number of amides is 2. The normalized spacial score (nSPS) is 11.6. The Morgan fingerprint density at radius 2 is 1.84 bits per heavy atom. The molecule has 32 heavy (non-hydrogen) atoms. The van der Waals surface area contributed by atoms with Crippen LogP contribution in [0.25, 0.3) is 10.2 Å². The van der Waals surface area contributed by atoms with Crippen molar-refractivity contribution in [1.29, 1.82) is 0 Å². The van der Waals surface area contributed by atoms with Crippen molar-refractivity contribution in [3.63, 3.8) is 0 Å². The number of thiophene rings is 1. The number of halogens is 3. The number of benzene rings is 1. The molecule has 2 amide bonds. The van der Waals surface area contributed by atoms with Crippen LogP contribution >= 0.6 is 11.3 Å². The molecule has 1 aromatic carbocycles. The summed E-state index contributed by atoms with van der Waals surface area (Å²) in [7, 11) is 0. The van der Waals surface area contributed by atoms with Crippen LogP contribution in [0.4, 0.5) is 18.9 Å². The quantitative estimate of drug-likeness (QED) is 0.597. The second kappa shape index (κ2) is 9.11. The number of carbonyl (C=O) groups excluding carboxylic acids is 2. The maximum absolute atomic E-state index is 13.2. The first kappa shape index (κ1) is 23.5. The van der Waals surface area contributed by atoms with Crippen molar-refractivity contribution < 1.29 is 22.8 Å². The number of aromatic nitrogens is 2. The van der Waals surface area contributed by atoms with E-state index in [4.69, 9.17) is 0 Å². The maximum Gasteiger partial charge on any atom is 0.418 e. The van der Waals surface area contributed by atoms with Gasteiger partial charge in [-0.3, -0.25) is 19.0 Å². The van der Waals surface area contributed by atoms with Crippen molar-refractivity contribution in [3.05, 3.63) is 57.0 Å². The molecule has 0 aliphatic carbocycles. The summed E-state index contributed by atoms with van der Waals surface area (Å²) in [6.45, 7) is 6.00. The molecule has 0 spiro atoms. The zero-order valence-corrected chi connectivity index (χ0v) is 18.4. The molecular weight excluding hydrogens is 445 g/mol. The van der Waals surface area contributed by atoms with Gasteiger partial charge >= 0.3 is 6.18 Å². The number of hydrogen-bond acceptors (Lipinski definition) is 5. The van der Waals surface area contributed by atoms with E-state index in [1.54, 1.807) is 4.90 Å². The monoisotopic (exact) mass is 466 g/mol. The predicted octanol–water partition coefficient (Wildman–Crippen LogP) is 3.91. The number of anilines is 1. The Morgan fingerprint density at radius 1 is 1.19 bits per heavy atom. The summed E-state index contributed by atoms with van der Waals surface area (Å²) in [6.07, 6.45) is -3.39. The van der Waals surface area contributed by atoms with Gasteiger partial charge in [0.05, 0.1) is 27.8 Å². The van der Waals surface area contributed by atoms with E-state index in [1.165, 1.54) is 30.0 Å². The Kier molecular flexibility index (Phi) is 6.68. The molecule has 7 nitrogen and oxygen atoms in total. The number of rotatable bonds is 6. The summed E-state index contributed by atoms with van der Waals surface area (Å²) in [5.41, 5.74) is -1.53. The highest BCUT2D eigenvalue weighted by Gasteiger charge is 2.34. The standard InChI is InChI=1S/C21H21F3N4O3S/c1-4-27(5-2)15(29)10-28-11-25-19-16(20(28)31)12(3)17(32-19)18(30)26-14-9-7-6-8-13(14)21(22,23)24/h6-9,11H,4-5,10H2,1-3H3,(H,26,30). The van der Waals surface area contributed by atoms with Crippen molar-refractivity contribution in [1.82, 2.24) is 14.5 Å². The summed E-state index contributed by atoms with van der Waals surface area (Å²) in [4.78, 5) is 44.2. The highest BCUT2D eigenvalue weighted by atomic mass is 32.1. The lowest BCUT2D eigenvalue weighted by Gasteiger charge is -2.18. The molecule has 0 atom stereocenters. The molecule has 0 unspecified atom stereocenters. The van der Waals surface area contributed by atoms with Crippen LogP contribution in [-0.4, -0.2) is 39.4 Å². The second-order valence-electron chi connectivity index (χ2n) is 6.98. The molecule has 11 heteroatoms. The van der Waals surface area contributed by atoms with Gasteiger partial charge in [-0.15, -0.1) is 11.3 Å². The van der Waals surface area contributed by atoms with Crippen LogP contribution in [0.3, 0.4) is 0 Å². The van der Waals surface area contributed by atoms with E-state index in [0.717, 1.165) is 23.5 Å². The average molecular weight is 466 g/mol. The third-order valence-electron chi connectivity index (χ3n) is 5.03. The number of likely N-dealkylation sites (N-methyl/N-ethyl adjacent to an activating group) is 1. The first-order chi connectivity index (χ1) is 15.1. The van der Waals surface area contributed by atoms with Crippen molar-refractivity contribution in [2.24, 2.45) is 0 Å². The summed E-state index contributed by atoms with van der Waals surface area (Å²) in [5, 5.41) is 2.45. The predicted molar refractivity (Wildman–Crippen MR) is 116 cm³/mol. The van der Waals surface area contributed by atoms with Gasteiger partial charge in [0.15, 0.2) is 0 Å². The van der Waals surface area contributed by atoms with Gasteiger partial charge in [-0.2, -0.15) is 13.2 Å². The van der Waals surface area contributed by atoms with Crippen molar-refractivity contribution >= 4 is 39.1 Å². The maximum atomic E-state index is 13.2. The smallest absolute Gasteiger partial charge is 0.342 e. The molecule has 0 fully saturated rings. The lowest BCUT2D eigenvalue weighted by atomic mass is 10.1. The first-order valence-electron chi connectivity index (χ1n) is 9.82. The molecule has 3 rings (SSSR count). The van der Waals surface area contributed by atoms with Crippen LogP contribution < -0.4 is 10.9 Å². The molecule has 0 saturated carbocycles. The SMILES string of the molecule is CCN(CC)C(=O)Cn1cnc2sc(C(=O)Nc3ccccc3C(F)(F)F)c(C)c2c1=O. The Labute approximate surface area is 185 Å². The fraction of sp³-hybridized carbons (Fsp3) is 0.333. The third kappa shape index (κ3) is 4.52. The van der Waals surface area contributed by atoms with Crippen molar-refractivity contribution in [3.8, 4) is 0 Å². The Bertz CT molecular complexity index is 1230. The highest BCUT2D eigenvalue weighted by molar-refractivity contribution is 7.20. The minimum absolute atomic E-state index is 0.0781. The van der Waals surface area contributed by atoms with Gasteiger partial charge < -0.3 is 10.2 Å². The fourth-order valence-corrected chi connectivity index (χ4v) is 4.36. The van der Waals surface area contributed by atoms with E-state index in [0.29, 0.717) is 18.7 Å². The number of hydrogen-bond donors (Lipinski definition) is 1. The van der Waals surface area contributed by atoms with E-state index in [9.17, 15) is 27.6 Å². The minimum Gasteiger partial charge on any atom is -0.342 e. The van der Waals surface area contributed by atoms with Gasteiger partial charge in [0.25, 0.3) is 11.5 Å². The topological polar surface area (TPSA) is 84.3 Å². The Hall–Kier alpha value is -3.21. The molecule has 0 radical (unpaired) electrons. The largest absolute Gasteiger partial charge is 0.418 e. The summed E-state index contributed by atoms with van der Waals surface area (Å²) in [6, 6.07) is 4.65. The summed E-state index contributed by atoms with van der Waals surface area (Å²) >= 11 is 0.909. The Balaban J connectivity index is 1.96. The summed E-state index contributed by atoms with van der Waals surface area (Å²) < 4.78 is 40.8. The molecule has 0 bridgehead atoms. The number of aryl methyl sites for hydroxylation is 1. The van der Waals surface area contributed by atoms with E-state index >= 15 is 0 Å². The van der Waals surface area contributed by atoms with E-state index < -0.39 is 23.2 Å². The molecule has 2 aromatic heterocycles. The number of nitrogens with zero attached hydrogens (tertiary/aromatic N) is 3. The number of carbonyl (C=O) groups is 2. The van der Waals surface area contributed by atoms with Gasteiger partial charge in [0.2, 0.25) is 5.91 Å². The number of fused-ring (bicyclic) bond motifs is 1. The average Bonchev–Trinajstić information content (AvgIpc) is 3.08. The van der Waals surface area contributed by atoms with Gasteiger partial charge in [-0.25, -0.2) is 4.98 Å².